The van der Waals surface area contributed by atoms with Crippen LogP contribution in [0, 0.1) is 0 Å². The second-order valence-electron chi connectivity index (χ2n) is 8.37. The van der Waals surface area contributed by atoms with Crippen molar-refractivity contribution in [1.29, 1.82) is 0 Å². The lowest BCUT2D eigenvalue weighted by molar-refractivity contribution is -0.0549. The zero-order valence-corrected chi connectivity index (χ0v) is 18.3. The van der Waals surface area contributed by atoms with Crippen LogP contribution in [0.15, 0.2) is 48.8 Å². The van der Waals surface area contributed by atoms with E-state index in [2.05, 4.69) is 20.1 Å². The third-order valence-electron chi connectivity index (χ3n) is 5.44. The van der Waals surface area contributed by atoms with Gasteiger partial charge in [0.15, 0.2) is 11.5 Å². The number of alkyl halides is 2. The minimum atomic E-state index is -3.01. The number of hydrogen-bond acceptors (Lipinski definition) is 8. The lowest BCUT2D eigenvalue weighted by Gasteiger charge is -2.27. The molecule has 5 rings (SSSR count). The molecule has 4 heterocycles. The molecule has 3 aromatic heterocycles. The van der Waals surface area contributed by atoms with Crippen molar-refractivity contribution in [3.63, 3.8) is 0 Å². The third kappa shape index (κ3) is 3.98. The molecular formula is C23H21F2N5O4. The Kier molecular flexibility index (Phi) is 5.47. The first-order valence-corrected chi connectivity index (χ1v) is 10.5. The summed E-state index contributed by atoms with van der Waals surface area (Å²) in [6.07, 6.45) is 1.24. The average molecular weight is 469 g/mol. The van der Waals surface area contributed by atoms with Gasteiger partial charge < -0.3 is 19.7 Å². The van der Waals surface area contributed by atoms with Gasteiger partial charge in [-0.25, -0.2) is 19.5 Å². The van der Waals surface area contributed by atoms with E-state index in [1.54, 1.807) is 56.6 Å². The van der Waals surface area contributed by atoms with Crippen molar-refractivity contribution in [3.05, 3.63) is 71.6 Å². The Hall–Kier alpha value is -3.54. The lowest BCUT2D eigenvalue weighted by Crippen LogP contribution is -2.24. The number of imidazole rings is 1. The van der Waals surface area contributed by atoms with Crippen LogP contribution in [-0.4, -0.2) is 48.0 Å². The highest BCUT2D eigenvalue weighted by molar-refractivity contribution is 5.59. The summed E-state index contributed by atoms with van der Waals surface area (Å²) in [7, 11) is 0. The Morgan fingerprint density at radius 2 is 1.88 bits per heavy atom. The number of para-hydroxylation sites is 1. The van der Waals surface area contributed by atoms with Crippen molar-refractivity contribution in [3.8, 4) is 17.0 Å². The fourth-order valence-corrected chi connectivity index (χ4v) is 3.87. The predicted octanol–water partition coefficient (Wildman–Crippen LogP) is 3.17. The molecule has 176 valence electrons. The van der Waals surface area contributed by atoms with Gasteiger partial charge in [0.25, 0.3) is 0 Å². The number of aliphatic hydroxyl groups is 2. The number of aromatic nitrogens is 5. The Balaban J connectivity index is 1.63. The van der Waals surface area contributed by atoms with Gasteiger partial charge in [-0.05, 0) is 32.0 Å². The second-order valence-corrected chi connectivity index (χ2v) is 8.37. The van der Waals surface area contributed by atoms with E-state index in [0.29, 0.717) is 33.9 Å². The van der Waals surface area contributed by atoms with Crippen LogP contribution in [0.5, 0.6) is 5.75 Å². The van der Waals surface area contributed by atoms with Crippen LogP contribution in [0.4, 0.5) is 8.78 Å². The number of fused-ring (bicyclic) bond motifs is 3. The van der Waals surface area contributed by atoms with Crippen molar-refractivity contribution in [2.45, 2.75) is 38.3 Å². The van der Waals surface area contributed by atoms with Gasteiger partial charge in [-0.3, -0.25) is 0 Å². The molecule has 4 aromatic rings. The third-order valence-corrected chi connectivity index (χ3v) is 5.44. The zero-order chi connectivity index (χ0) is 24.0. The van der Waals surface area contributed by atoms with Crippen molar-refractivity contribution in [2.24, 2.45) is 0 Å². The molecule has 2 atom stereocenters. The highest BCUT2D eigenvalue weighted by Crippen LogP contribution is 2.40. The maximum absolute atomic E-state index is 13.0. The van der Waals surface area contributed by atoms with Crippen LogP contribution < -0.4 is 4.74 Å². The number of benzene rings is 1. The van der Waals surface area contributed by atoms with Crippen molar-refractivity contribution < 1.29 is 28.5 Å². The molecule has 0 unspecified atom stereocenters. The van der Waals surface area contributed by atoms with Crippen LogP contribution in [0.25, 0.3) is 16.9 Å². The topological polar surface area (TPSA) is 115 Å². The molecule has 2 N–H and O–H groups in total. The number of rotatable bonds is 5. The summed E-state index contributed by atoms with van der Waals surface area (Å²) >= 11 is 0. The minimum absolute atomic E-state index is 0.0356. The summed E-state index contributed by atoms with van der Waals surface area (Å²) in [5.41, 5.74) is 1.48. The molecule has 1 aliphatic rings. The number of nitrogens with zero attached hydrogens (tertiary/aromatic N) is 5. The Bertz CT molecular complexity index is 1340. The summed E-state index contributed by atoms with van der Waals surface area (Å²) in [5.74, 6) is 0.233. The maximum Gasteiger partial charge on any atom is 0.387 e. The van der Waals surface area contributed by atoms with Crippen LogP contribution in [0.3, 0.4) is 0 Å². The molecule has 34 heavy (non-hydrogen) atoms. The Labute approximate surface area is 192 Å². The van der Waals surface area contributed by atoms with E-state index < -0.39 is 24.4 Å². The zero-order valence-electron chi connectivity index (χ0n) is 18.3. The van der Waals surface area contributed by atoms with Crippen LogP contribution in [0.1, 0.15) is 48.8 Å². The smallest absolute Gasteiger partial charge is 0.387 e. The summed E-state index contributed by atoms with van der Waals surface area (Å²) in [6, 6.07) is 9.77. The SMILES string of the molecule is CC(C)(O)c1ncc(-c2ccc3nc4c(n3n2)[C@@H](c2ccccc2OC(F)F)OC[C@H]4O)cn1. The second kappa shape index (κ2) is 8.35. The number of ether oxygens (including phenoxy) is 2. The molecule has 0 amide bonds. The van der Waals surface area contributed by atoms with Gasteiger partial charge in [0, 0.05) is 23.5 Å². The normalized spacial score (nSPS) is 18.3. The Morgan fingerprint density at radius 3 is 2.59 bits per heavy atom. The van der Waals surface area contributed by atoms with Gasteiger partial charge in [0.2, 0.25) is 0 Å². The molecular weight excluding hydrogens is 448 g/mol. The van der Waals surface area contributed by atoms with E-state index in [1.807, 2.05) is 0 Å². The molecule has 1 aliphatic heterocycles. The van der Waals surface area contributed by atoms with Crippen LogP contribution >= 0.6 is 0 Å². The first-order chi connectivity index (χ1) is 16.2. The first kappa shape index (κ1) is 22.3. The highest BCUT2D eigenvalue weighted by Gasteiger charge is 2.35. The van der Waals surface area contributed by atoms with Crippen molar-refractivity contribution in [1.82, 2.24) is 24.6 Å². The van der Waals surface area contributed by atoms with E-state index in [1.165, 1.54) is 10.6 Å². The monoisotopic (exact) mass is 469 g/mol. The molecule has 1 aromatic carbocycles. The van der Waals surface area contributed by atoms with Crippen molar-refractivity contribution in [2.75, 3.05) is 6.61 Å². The molecule has 0 spiro atoms. The van der Waals surface area contributed by atoms with E-state index in [-0.39, 0.29) is 18.2 Å². The summed E-state index contributed by atoms with van der Waals surface area (Å²) < 4.78 is 38.1. The fraction of sp³-hybridized carbons (Fsp3) is 0.304. The average Bonchev–Trinajstić information content (AvgIpc) is 3.19. The Morgan fingerprint density at radius 1 is 1.15 bits per heavy atom. The molecule has 0 radical (unpaired) electrons. The van der Waals surface area contributed by atoms with Gasteiger partial charge in [0.1, 0.15) is 29.3 Å². The van der Waals surface area contributed by atoms with Crippen LogP contribution in [-0.2, 0) is 10.3 Å². The van der Waals surface area contributed by atoms with Crippen LogP contribution in [0.2, 0.25) is 0 Å². The van der Waals surface area contributed by atoms with Crippen molar-refractivity contribution >= 4 is 5.65 Å². The maximum atomic E-state index is 13.0. The standard InChI is InChI=1S/C23H21F2N5O4/c1-23(2,32)21-26-9-12(10-27-21)14-7-8-17-28-18-15(31)11-33-20(19(18)30(17)29-14)13-5-3-4-6-16(13)34-22(24)25/h3-10,15,20,22,31-32H,11H2,1-2H3/t15-,20-/m1/s1. The number of halogens is 2. The molecule has 0 fully saturated rings. The number of hydrogen-bond donors (Lipinski definition) is 2. The predicted molar refractivity (Wildman–Crippen MR) is 115 cm³/mol. The summed E-state index contributed by atoms with van der Waals surface area (Å²) in [4.78, 5) is 12.9. The van der Waals surface area contributed by atoms with E-state index in [0.717, 1.165) is 0 Å². The first-order valence-electron chi connectivity index (χ1n) is 10.5. The molecule has 0 aliphatic carbocycles. The highest BCUT2D eigenvalue weighted by atomic mass is 19.3. The molecule has 0 bridgehead atoms. The molecule has 9 nitrogen and oxygen atoms in total. The van der Waals surface area contributed by atoms with E-state index >= 15 is 0 Å². The van der Waals surface area contributed by atoms with Gasteiger partial charge in [-0.1, -0.05) is 18.2 Å². The fourth-order valence-electron chi connectivity index (χ4n) is 3.87. The number of aliphatic hydroxyl groups excluding tert-OH is 1. The molecule has 0 saturated heterocycles. The summed E-state index contributed by atoms with van der Waals surface area (Å²) in [5, 5.41) is 25.2. The van der Waals surface area contributed by atoms with Gasteiger partial charge in [0.05, 0.1) is 18.0 Å². The van der Waals surface area contributed by atoms with Gasteiger partial charge in [-0.2, -0.15) is 13.9 Å². The van der Waals surface area contributed by atoms with E-state index in [9.17, 15) is 19.0 Å². The summed E-state index contributed by atoms with van der Waals surface area (Å²) in [6.45, 7) is 0.105. The largest absolute Gasteiger partial charge is 0.434 e. The lowest BCUT2D eigenvalue weighted by atomic mass is 10.00. The minimum Gasteiger partial charge on any atom is -0.434 e. The molecule has 11 heteroatoms. The van der Waals surface area contributed by atoms with Gasteiger partial charge >= 0.3 is 6.61 Å². The molecule has 0 saturated carbocycles. The van der Waals surface area contributed by atoms with E-state index in [4.69, 9.17) is 9.47 Å². The quantitative estimate of drug-likeness (QED) is 0.458. The van der Waals surface area contributed by atoms with Gasteiger partial charge in [-0.15, -0.1) is 0 Å².